The van der Waals surface area contributed by atoms with E-state index < -0.39 is 7.82 Å². The number of aromatic nitrogens is 1. The second-order valence-electron chi connectivity index (χ2n) is 7.29. The van der Waals surface area contributed by atoms with Gasteiger partial charge >= 0.3 is 7.82 Å². The average Bonchev–Trinajstić information content (AvgIpc) is 3.11. The maximum absolute atomic E-state index is 8.88. The molecule has 0 saturated heterocycles. The second kappa shape index (κ2) is 10.4. The smallest absolute Gasteiger partial charge is 0.347 e. The summed E-state index contributed by atoms with van der Waals surface area (Å²) in [5.41, 5.74) is 4.16. The van der Waals surface area contributed by atoms with Gasteiger partial charge < -0.3 is 19.2 Å². The summed E-state index contributed by atoms with van der Waals surface area (Å²) in [6, 6.07) is 32.6. The largest absolute Gasteiger partial charge is 0.466 e. The number of rotatable bonds is 6. The molecule has 0 spiro atoms. The third kappa shape index (κ3) is 7.29. The van der Waals surface area contributed by atoms with Crippen molar-refractivity contribution in [2.24, 2.45) is 5.92 Å². The molecule has 0 unspecified atom stereocenters. The van der Waals surface area contributed by atoms with E-state index in [1.807, 2.05) is 0 Å². The standard InChI is InChI=1S/C24H23N.H3O4P/c1-3-9-20(10-4-1)17-22(18-21-11-5-2-6-12-21)19-25-16-15-23-13-7-8-14-24(23)25;1-5(2,3)4/h1-16,22H,17-19H2;(H3,1,2,3,4). The highest BCUT2D eigenvalue weighted by Crippen LogP contribution is 2.26. The quantitative estimate of drug-likeness (QED) is 0.389. The highest BCUT2D eigenvalue weighted by molar-refractivity contribution is 7.45. The Kier molecular flexibility index (Phi) is 7.61. The molecule has 0 aliphatic rings. The molecule has 5 nitrogen and oxygen atoms in total. The van der Waals surface area contributed by atoms with E-state index in [1.165, 1.54) is 22.0 Å². The number of fused-ring (bicyclic) bond motifs is 1. The van der Waals surface area contributed by atoms with Gasteiger partial charge in [-0.1, -0.05) is 78.9 Å². The van der Waals surface area contributed by atoms with E-state index in [4.69, 9.17) is 19.2 Å². The highest BCUT2D eigenvalue weighted by Gasteiger charge is 2.13. The summed E-state index contributed by atoms with van der Waals surface area (Å²) in [7, 11) is -4.64. The number of benzene rings is 3. The summed E-state index contributed by atoms with van der Waals surface area (Å²) < 4.78 is 11.3. The van der Waals surface area contributed by atoms with Gasteiger partial charge in [0.2, 0.25) is 0 Å². The van der Waals surface area contributed by atoms with Crippen molar-refractivity contribution in [2.45, 2.75) is 19.4 Å². The number of nitrogens with zero attached hydrogens (tertiary/aromatic N) is 1. The predicted molar refractivity (Wildman–Crippen MR) is 120 cm³/mol. The second-order valence-corrected chi connectivity index (χ2v) is 8.31. The van der Waals surface area contributed by atoms with E-state index in [-0.39, 0.29) is 0 Å². The van der Waals surface area contributed by atoms with Gasteiger partial charge in [-0.25, -0.2) is 4.57 Å². The van der Waals surface area contributed by atoms with Gasteiger partial charge in [-0.3, -0.25) is 0 Å². The maximum Gasteiger partial charge on any atom is 0.466 e. The summed E-state index contributed by atoms with van der Waals surface area (Å²) in [4.78, 5) is 21.6. The molecule has 0 aliphatic heterocycles. The first-order valence-corrected chi connectivity index (χ1v) is 11.3. The van der Waals surface area contributed by atoms with Crippen LogP contribution in [0.5, 0.6) is 0 Å². The Morgan fingerprint density at radius 2 is 1.17 bits per heavy atom. The fourth-order valence-electron chi connectivity index (χ4n) is 3.67. The van der Waals surface area contributed by atoms with Crippen molar-refractivity contribution in [1.82, 2.24) is 4.57 Å². The van der Waals surface area contributed by atoms with Crippen molar-refractivity contribution >= 4 is 18.7 Å². The molecule has 30 heavy (non-hydrogen) atoms. The molecule has 0 bridgehead atoms. The van der Waals surface area contributed by atoms with Crippen molar-refractivity contribution in [3.63, 3.8) is 0 Å². The summed E-state index contributed by atoms with van der Waals surface area (Å²) in [6.45, 7) is 1.04. The molecule has 1 heterocycles. The fourth-order valence-corrected chi connectivity index (χ4v) is 3.67. The number of phosphoric acid groups is 1. The first kappa shape index (κ1) is 22.0. The van der Waals surface area contributed by atoms with Gasteiger partial charge in [0.05, 0.1) is 0 Å². The first-order valence-electron chi connectivity index (χ1n) is 9.78. The normalized spacial score (nSPS) is 11.3. The van der Waals surface area contributed by atoms with E-state index in [0.29, 0.717) is 5.92 Å². The van der Waals surface area contributed by atoms with Crippen LogP contribution in [0.4, 0.5) is 0 Å². The van der Waals surface area contributed by atoms with Crippen LogP contribution in [0.15, 0.2) is 97.2 Å². The summed E-state index contributed by atoms with van der Waals surface area (Å²) in [6.07, 6.45) is 4.43. The number of hydrogen-bond acceptors (Lipinski definition) is 1. The lowest BCUT2D eigenvalue weighted by atomic mass is 9.92. The molecule has 0 aliphatic carbocycles. The van der Waals surface area contributed by atoms with E-state index in [1.54, 1.807) is 0 Å². The Labute approximate surface area is 176 Å². The van der Waals surface area contributed by atoms with Gasteiger partial charge in [-0.15, -0.1) is 0 Å². The van der Waals surface area contributed by atoms with Crippen molar-refractivity contribution in [3.05, 3.63) is 108 Å². The minimum atomic E-state index is -4.64. The van der Waals surface area contributed by atoms with Crippen LogP contribution >= 0.6 is 7.82 Å². The van der Waals surface area contributed by atoms with E-state index in [9.17, 15) is 0 Å². The third-order valence-corrected chi connectivity index (χ3v) is 4.87. The molecule has 0 saturated carbocycles. The van der Waals surface area contributed by atoms with Crippen LogP contribution < -0.4 is 0 Å². The molecule has 0 radical (unpaired) electrons. The Morgan fingerprint density at radius 3 is 1.70 bits per heavy atom. The summed E-state index contributed by atoms with van der Waals surface area (Å²) >= 11 is 0. The third-order valence-electron chi connectivity index (χ3n) is 4.87. The molecular formula is C24H26NO4P. The van der Waals surface area contributed by atoms with Gasteiger partial charge in [0, 0.05) is 18.3 Å². The molecular weight excluding hydrogens is 397 g/mol. The number of hydrogen-bond donors (Lipinski definition) is 3. The molecule has 4 aromatic rings. The minimum absolute atomic E-state index is 0.570. The molecule has 156 valence electrons. The topological polar surface area (TPSA) is 82.7 Å². The minimum Gasteiger partial charge on any atom is -0.347 e. The van der Waals surface area contributed by atoms with Gasteiger partial charge in [-0.05, 0) is 47.4 Å². The lowest BCUT2D eigenvalue weighted by Gasteiger charge is -2.19. The Morgan fingerprint density at radius 1 is 0.700 bits per heavy atom. The molecule has 0 amide bonds. The SMILES string of the molecule is O=P(O)(O)O.c1ccc(CC(Cc2ccccc2)Cn2ccc3ccccc32)cc1. The van der Waals surface area contributed by atoms with Gasteiger partial charge in [0.25, 0.3) is 0 Å². The van der Waals surface area contributed by atoms with E-state index in [2.05, 4.69) is 102 Å². The highest BCUT2D eigenvalue weighted by atomic mass is 31.2. The lowest BCUT2D eigenvalue weighted by molar-refractivity contribution is 0.275. The average molecular weight is 423 g/mol. The van der Waals surface area contributed by atoms with Crippen molar-refractivity contribution in [2.75, 3.05) is 0 Å². The zero-order chi connectivity index (χ0) is 21.4. The van der Waals surface area contributed by atoms with Crippen LogP contribution in [0.2, 0.25) is 0 Å². The molecule has 6 heteroatoms. The zero-order valence-corrected chi connectivity index (χ0v) is 17.5. The first-order chi connectivity index (χ1) is 14.4. The Bertz CT molecular complexity index is 1040. The van der Waals surface area contributed by atoms with Crippen molar-refractivity contribution in [3.8, 4) is 0 Å². The van der Waals surface area contributed by atoms with Crippen LogP contribution in [0.25, 0.3) is 10.9 Å². The van der Waals surface area contributed by atoms with Gasteiger partial charge in [0.1, 0.15) is 0 Å². The lowest BCUT2D eigenvalue weighted by Crippen LogP contribution is -2.16. The molecule has 0 fully saturated rings. The molecule has 3 N–H and O–H groups in total. The molecule has 1 aromatic heterocycles. The molecule has 0 atom stereocenters. The fraction of sp³-hybridized carbons (Fsp3) is 0.167. The zero-order valence-electron chi connectivity index (χ0n) is 16.6. The maximum atomic E-state index is 8.88. The van der Waals surface area contributed by atoms with Crippen LogP contribution in [0, 0.1) is 5.92 Å². The van der Waals surface area contributed by atoms with Crippen LogP contribution in [-0.4, -0.2) is 19.2 Å². The van der Waals surface area contributed by atoms with Crippen molar-refractivity contribution in [1.29, 1.82) is 0 Å². The summed E-state index contributed by atoms with van der Waals surface area (Å²) in [5, 5.41) is 1.32. The molecule has 4 rings (SSSR count). The predicted octanol–water partition coefficient (Wildman–Crippen LogP) is 4.81. The van der Waals surface area contributed by atoms with Crippen LogP contribution in [0.1, 0.15) is 11.1 Å². The van der Waals surface area contributed by atoms with Gasteiger partial charge in [0.15, 0.2) is 0 Å². The van der Waals surface area contributed by atoms with E-state index in [0.717, 1.165) is 19.4 Å². The monoisotopic (exact) mass is 423 g/mol. The van der Waals surface area contributed by atoms with E-state index >= 15 is 0 Å². The number of para-hydroxylation sites is 1. The molecule has 3 aromatic carbocycles. The summed E-state index contributed by atoms with van der Waals surface area (Å²) in [5.74, 6) is 0.570. The Balaban J connectivity index is 0.000000461. The Hall–Kier alpha value is -2.69. The van der Waals surface area contributed by atoms with Crippen LogP contribution in [-0.2, 0) is 24.0 Å². The van der Waals surface area contributed by atoms with Gasteiger partial charge in [-0.2, -0.15) is 0 Å². The van der Waals surface area contributed by atoms with Crippen molar-refractivity contribution < 1.29 is 19.2 Å². The van der Waals surface area contributed by atoms with Crippen LogP contribution in [0.3, 0.4) is 0 Å².